The number of carbonyl (C=O) groups excluding carboxylic acids is 2. The molecule has 27 heavy (non-hydrogen) atoms. The van der Waals surface area contributed by atoms with Crippen LogP contribution in [0.2, 0.25) is 0 Å². The van der Waals surface area contributed by atoms with E-state index in [1.807, 2.05) is 36.5 Å². The van der Waals surface area contributed by atoms with E-state index >= 15 is 0 Å². The molecule has 138 valence electrons. The number of hydrogen-bond donors (Lipinski definition) is 2. The first-order valence-corrected chi connectivity index (χ1v) is 8.46. The van der Waals surface area contributed by atoms with Gasteiger partial charge in [0.15, 0.2) is 6.61 Å². The van der Waals surface area contributed by atoms with Crippen molar-refractivity contribution in [3.63, 3.8) is 0 Å². The van der Waals surface area contributed by atoms with Crippen molar-refractivity contribution in [1.82, 2.24) is 15.1 Å². The molecule has 0 aliphatic carbocycles. The fraction of sp³-hybridized carbons (Fsp3) is 0.150. The van der Waals surface area contributed by atoms with Gasteiger partial charge in [0.25, 0.3) is 5.91 Å². The topological polar surface area (TPSA) is 85.3 Å². The Labute approximate surface area is 157 Å². The molecule has 3 rings (SSSR count). The monoisotopic (exact) mass is 364 g/mol. The van der Waals surface area contributed by atoms with Gasteiger partial charge in [0.05, 0.1) is 12.1 Å². The second kappa shape index (κ2) is 8.66. The van der Waals surface area contributed by atoms with E-state index in [1.54, 1.807) is 42.2 Å². The standard InChI is InChI=1S/C20H20N4O3/c1-21-20(26)14-27-18-5-2-4-16(13-18)23-19(25)12-15-6-8-17(9-7-15)24-11-3-10-22-24/h2-11,13H,12,14H2,1H3,(H,21,26)(H,23,25). The summed E-state index contributed by atoms with van der Waals surface area (Å²) in [5.41, 5.74) is 2.45. The number of benzene rings is 2. The van der Waals surface area contributed by atoms with Crippen molar-refractivity contribution >= 4 is 17.5 Å². The third-order valence-electron chi connectivity index (χ3n) is 3.84. The molecule has 0 bridgehead atoms. The van der Waals surface area contributed by atoms with Gasteiger partial charge in [0.1, 0.15) is 5.75 Å². The van der Waals surface area contributed by atoms with Gasteiger partial charge in [0.2, 0.25) is 5.91 Å². The van der Waals surface area contributed by atoms with E-state index in [4.69, 9.17) is 4.74 Å². The summed E-state index contributed by atoms with van der Waals surface area (Å²) in [5, 5.41) is 9.49. The Morgan fingerprint density at radius 3 is 2.59 bits per heavy atom. The van der Waals surface area contributed by atoms with Crippen molar-refractivity contribution < 1.29 is 14.3 Å². The van der Waals surface area contributed by atoms with Crippen molar-refractivity contribution in [3.8, 4) is 11.4 Å². The van der Waals surface area contributed by atoms with Crippen molar-refractivity contribution in [2.24, 2.45) is 0 Å². The number of nitrogens with zero attached hydrogens (tertiary/aromatic N) is 2. The number of aromatic nitrogens is 2. The van der Waals surface area contributed by atoms with E-state index < -0.39 is 0 Å². The van der Waals surface area contributed by atoms with Crippen molar-refractivity contribution in [2.45, 2.75) is 6.42 Å². The van der Waals surface area contributed by atoms with Gasteiger partial charge in [-0.2, -0.15) is 5.10 Å². The Morgan fingerprint density at radius 2 is 1.89 bits per heavy atom. The summed E-state index contributed by atoms with van der Waals surface area (Å²) >= 11 is 0. The van der Waals surface area contributed by atoms with Crippen LogP contribution >= 0.6 is 0 Å². The zero-order valence-corrected chi connectivity index (χ0v) is 14.9. The molecule has 0 saturated heterocycles. The SMILES string of the molecule is CNC(=O)COc1cccc(NC(=O)Cc2ccc(-n3cccn3)cc2)c1. The molecule has 1 aromatic heterocycles. The van der Waals surface area contributed by atoms with Crippen molar-refractivity contribution in [1.29, 1.82) is 0 Å². The summed E-state index contributed by atoms with van der Waals surface area (Å²) < 4.78 is 7.13. The van der Waals surface area contributed by atoms with E-state index in [2.05, 4.69) is 15.7 Å². The number of hydrogen-bond acceptors (Lipinski definition) is 4. The highest BCUT2D eigenvalue weighted by Crippen LogP contribution is 2.18. The quantitative estimate of drug-likeness (QED) is 0.673. The lowest BCUT2D eigenvalue weighted by Gasteiger charge is -2.09. The van der Waals surface area contributed by atoms with Gasteiger partial charge in [-0.25, -0.2) is 4.68 Å². The van der Waals surface area contributed by atoms with Crippen LogP contribution in [-0.4, -0.2) is 35.2 Å². The fourth-order valence-electron chi connectivity index (χ4n) is 2.46. The van der Waals surface area contributed by atoms with Gasteiger partial charge in [-0.15, -0.1) is 0 Å². The Morgan fingerprint density at radius 1 is 1.07 bits per heavy atom. The second-order valence-corrected chi connectivity index (χ2v) is 5.83. The predicted molar refractivity (Wildman–Crippen MR) is 102 cm³/mol. The number of carbonyl (C=O) groups is 2. The lowest BCUT2D eigenvalue weighted by molar-refractivity contribution is -0.122. The molecule has 7 heteroatoms. The molecule has 0 unspecified atom stereocenters. The van der Waals surface area contributed by atoms with Gasteiger partial charge in [-0.05, 0) is 35.9 Å². The first-order valence-electron chi connectivity index (χ1n) is 8.46. The van der Waals surface area contributed by atoms with Crippen molar-refractivity contribution in [2.75, 3.05) is 19.0 Å². The fourth-order valence-corrected chi connectivity index (χ4v) is 2.46. The molecular formula is C20H20N4O3. The number of anilines is 1. The van der Waals surface area contributed by atoms with Crippen LogP contribution in [0, 0.1) is 0 Å². The maximum absolute atomic E-state index is 12.3. The third kappa shape index (κ3) is 5.18. The summed E-state index contributed by atoms with van der Waals surface area (Å²) in [6, 6.07) is 16.4. The Balaban J connectivity index is 1.56. The highest BCUT2D eigenvalue weighted by Gasteiger charge is 2.07. The molecule has 0 fully saturated rings. The largest absolute Gasteiger partial charge is 0.484 e. The normalized spacial score (nSPS) is 10.3. The average molecular weight is 364 g/mol. The molecule has 0 aliphatic rings. The van der Waals surface area contributed by atoms with E-state index in [0.29, 0.717) is 11.4 Å². The van der Waals surface area contributed by atoms with Crippen LogP contribution in [-0.2, 0) is 16.0 Å². The Hall–Kier alpha value is -3.61. The van der Waals surface area contributed by atoms with Crippen LogP contribution in [0.25, 0.3) is 5.69 Å². The number of likely N-dealkylation sites (N-methyl/N-ethyl adjacent to an activating group) is 1. The van der Waals surface area contributed by atoms with Gasteiger partial charge in [0, 0.05) is 31.2 Å². The molecule has 0 atom stereocenters. The van der Waals surface area contributed by atoms with Gasteiger partial charge in [-0.1, -0.05) is 18.2 Å². The third-order valence-corrected chi connectivity index (χ3v) is 3.84. The Bertz CT molecular complexity index is 905. The number of amides is 2. The number of rotatable bonds is 7. The lowest BCUT2D eigenvalue weighted by Crippen LogP contribution is -2.24. The van der Waals surface area contributed by atoms with Crippen LogP contribution in [0.5, 0.6) is 5.75 Å². The molecule has 0 aliphatic heterocycles. The van der Waals surface area contributed by atoms with E-state index in [1.165, 1.54) is 0 Å². The number of ether oxygens (including phenoxy) is 1. The van der Waals surface area contributed by atoms with Crippen LogP contribution in [0.15, 0.2) is 67.0 Å². The molecule has 0 saturated carbocycles. The first kappa shape index (κ1) is 18.2. The summed E-state index contributed by atoms with van der Waals surface area (Å²) in [4.78, 5) is 23.5. The summed E-state index contributed by atoms with van der Waals surface area (Å²) in [6.45, 7) is -0.0729. The minimum atomic E-state index is -0.219. The first-order chi connectivity index (χ1) is 13.1. The smallest absolute Gasteiger partial charge is 0.257 e. The zero-order valence-electron chi connectivity index (χ0n) is 14.9. The highest BCUT2D eigenvalue weighted by molar-refractivity contribution is 5.92. The van der Waals surface area contributed by atoms with E-state index in [9.17, 15) is 9.59 Å². The molecule has 2 amide bonds. The van der Waals surface area contributed by atoms with E-state index in [-0.39, 0.29) is 24.8 Å². The van der Waals surface area contributed by atoms with Gasteiger partial charge in [-0.3, -0.25) is 9.59 Å². The Kier molecular flexibility index (Phi) is 5.84. The van der Waals surface area contributed by atoms with Crippen LogP contribution in [0.3, 0.4) is 0 Å². The van der Waals surface area contributed by atoms with Crippen molar-refractivity contribution in [3.05, 3.63) is 72.6 Å². The minimum absolute atomic E-state index is 0.0729. The van der Waals surface area contributed by atoms with Gasteiger partial charge < -0.3 is 15.4 Å². The van der Waals surface area contributed by atoms with Crippen LogP contribution in [0.1, 0.15) is 5.56 Å². The van der Waals surface area contributed by atoms with Gasteiger partial charge >= 0.3 is 0 Å². The molecule has 3 aromatic rings. The molecule has 2 N–H and O–H groups in total. The average Bonchev–Trinajstić information content (AvgIpc) is 3.21. The predicted octanol–water partition coefficient (Wildman–Crippen LogP) is 2.18. The maximum Gasteiger partial charge on any atom is 0.257 e. The summed E-state index contributed by atoms with van der Waals surface area (Å²) in [5.74, 6) is 0.160. The molecule has 0 radical (unpaired) electrons. The minimum Gasteiger partial charge on any atom is -0.484 e. The van der Waals surface area contributed by atoms with Crippen LogP contribution < -0.4 is 15.4 Å². The van der Waals surface area contributed by atoms with Crippen LogP contribution in [0.4, 0.5) is 5.69 Å². The maximum atomic E-state index is 12.3. The highest BCUT2D eigenvalue weighted by atomic mass is 16.5. The number of nitrogens with one attached hydrogen (secondary N) is 2. The second-order valence-electron chi connectivity index (χ2n) is 5.83. The summed E-state index contributed by atoms with van der Waals surface area (Å²) in [6.07, 6.45) is 3.83. The molecule has 7 nitrogen and oxygen atoms in total. The lowest BCUT2D eigenvalue weighted by atomic mass is 10.1. The summed E-state index contributed by atoms with van der Waals surface area (Å²) in [7, 11) is 1.55. The molecule has 2 aromatic carbocycles. The molecular weight excluding hydrogens is 344 g/mol. The molecule has 1 heterocycles. The van der Waals surface area contributed by atoms with E-state index in [0.717, 1.165) is 11.3 Å². The zero-order chi connectivity index (χ0) is 19.1. The molecule has 0 spiro atoms.